The predicted molar refractivity (Wildman–Crippen MR) is 108 cm³/mol. The van der Waals surface area contributed by atoms with Crippen molar-refractivity contribution in [3.05, 3.63) is 28.2 Å². The van der Waals surface area contributed by atoms with E-state index in [1.54, 1.807) is 18.2 Å². The highest BCUT2D eigenvalue weighted by Crippen LogP contribution is 2.60. The summed E-state index contributed by atoms with van der Waals surface area (Å²) in [4.78, 5) is 24.7. The van der Waals surface area contributed by atoms with E-state index in [9.17, 15) is 9.59 Å². The highest BCUT2D eigenvalue weighted by Gasteiger charge is 2.69. The van der Waals surface area contributed by atoms with Crippen LogP contribution in [0.5, 0.6) is 5.75 Å². The molecule has 0 spiro atoms. The number of ether oxygens (including phenoxy) is 1. The maximum absolute atomic E-state index is 12.5. The molecule has 3 N–H and O–H groups in total. The van der Waals surface area contributed by atoms with Gasteiger partial charge in [-0.15, -0.1) is 0 Å². The standard InChI is InChI=1S/C20H25Cl2N3O3/c1-12-4-5-23-16(6-12)18(27)25-20-9-19(10-20,11-20)24-17(26)8-28-13-2-3-14(21)15(22)7-13/h2-3,7,12,16,23H,4-6,8-11H2,1H3,(H,24,26)(H,25,27). The first kappa shape index (κ1) is 19.8. The van der Waals surface area contributed by atoms with E-state index < -0.39 is 0 Å². The number of hydrogen-bond donors (Lipinski definition) is 3. The maximum atomic E-state index is 12.5. The molecule has 1 heterocycles. The molecule has 0 radical (unpaired) electrons. The third kappa shape index (κ3) is 3.95. The van der Waals surface area contributed by atoms with Gasteiger partial charge in [-0.2, -0.15) is 0 Å². The number of nitrogens with one attached hydrogen (secondary N) is 3. The number of rotatable bonds is 6. The van der Waals surface area contributed by atoms with Crippen LogP contribution in [0.3, 0.4) is 0 Å². The average Bonchev–Trinajstić information content (AvgIpc) is 2.59. The van der Waals surface area contributed by atoms with Gasteiger partial charge in [0.15, 0.2) is 6.61 Å². The van der Waals surface area contributed by atoms with Crippen LogP contribution in [-0.4, -0.2) is 42.1 Å². The van der Waals surface area contributed by atoms with Gasteiger partial charge in [0, 0.05) is 17.1 Å². The van der Waals surface area contributed by atoms with E-state index in [0.29, 0.717) is 21.7 Å². The second-order valence-electron chi connectivity index (χ2n) is 8.63. The zero-order valence-electron chi connectivity index (χ0n) is 15.8. The molecule has 2 unspecified atom stereocenters. The smallest absolute Gasteiger partial charge is 0.258 e. The van der Waals surface area contributed by atoms with Gasteiger partial charge in [0.05, 0.1) is 16.1 Å². The summed E-state index contributed by atoms with van der Waals surface area (Å²) in [5, 5.41) is 10.4. The Labute approximate surface area is 174 Å². The number of hydrogen-bond acceptors (Lipinski definition) is 4. The first-order chi connectivity index (χ1) is 13.3. The Kier molecular flexibility index (Phi) is 5.23. The van der Waals surface area contributed by atoms with E-state index in [1.165, 1.54) is 0 Å². The molecular formula is C20H25Cl2N3O3. The van der Waals surface area contributed by atoms with Gasteiger partial charge in [-0.25, -0.2) is 0 Å². The minimum atomic E-state index is -0.196. The second kappa shape index (κ2) is 7.39. The molecule has 2 amide bonds. The fraction of sp³-hybridized carbons (Fsp3) is 0.600. The normalized spacial score (nSPS) is 33.2. The van der Waals surface area contributed by atoms with Crippen molar-refractivity contribution in [2.45, 2.75) is 56.1 Å². The summed E-state index contributed by atoms with van der Waals surface area (Å²) >= 11 is 11.8. The molecule has 8 heteroatoms. The first-order valence-corrected chi connectivity index (χ1v) is 10.5. The molecule has 152 valence electrons. The van der Waals surface area contributed by atoms with E-state index in [4.69, 9.17) is 27.9 Å². The number of piperidine rings is 1. The van der Waals surface area contributed by atoms with Crippen molar-refractivity contribution < 1.29 is 14.3 Å². The van der Waals surface area contributed by atoms with Gasteiger partial charge >= 0.3 is 0 Å². The predicted octanol–water partition coefficient (Wildman–Crippen LogP) is 2.67. The summed E-state index contributed by atoms with van der Waals surface area (Å²) in [7, 11) is 0. The van der Waals surface area contributed by atoms with E-state index >= 15 is 0 Å². The largest absolute Gasteiger partial charge is 0.484 e. The Morgan fingerprint density at radius 2 is 1.89 bits per heavy atom. The summed E-state index contributed by atoms with van der Waals surface area (Å²) < 4.78 is 5.48. The van der Waals surface area contributed by atoms with E-state index in [0.717, 1.165) is 38.6 Å². The van der Waals surface area contributed by atoms with Crippen molar-refractivity contribution in [1.29, 1.82) is 0 Å². The molecule has 0 aromatic heterocycles. The Morgan fingerprint density at radius 3 is 2.57 bits per heavy atom. The Hall–Kier alpha value is -1.50. The van der Waals surface area contributed by atoms with Crippen LogP contribution in [0.15, 0.2) is 18.2 Å². The average molecular weight is 426 g/mol. The van der Waals surface area contributed by atoms with Gasteiger partial charge in [-0.3, -0.25) is 9.59 Å². The van der Waals surface area contributed by atoms with Gasteiger partial charge < -0.3 is 20.7 Å². The zero-order chi connectivity index (χ0) is 19.9. The molecular weight excluding hydrogens is 401 g/mol. The number of carbonyl (C=O) groups excluding carboxylic acids is 2. The molecule has 1 aromatic rings. The van der Waals surface area contributed by atoms with E-state index in [2.05, 4.69) is 22.9 Å². The van der Waals surface area contributed by atoms with Crippen molar-refractivity contribution in [3.63, 3.8) is 0 Å². The van der Waals surface area contributed by atoms with Gasteiger partial charge in [0.1, 0.15) is 5.75 Å². The molecule has 6 nitrogen and oxygen atoms in total. The molecule has 1 saturated heterocycles. The van der Waals surface area contributed by atoms with Crippen LogP contribution in [0.25, 0.3) is 0 Å². The molecule has 28 heavy (non-hydrogen) atoms. The van der Waals surface area contributed by atoms with Crippen LogP contribution in [0.4, 0.5) is 0 Å². The summed E-state index contributed by atoms with van der Waals surface area (Å²) in [6.45, 7) is 3.00. The number of amides is 2. The van der Waals surface area contributed by atoms with Crippen LogP contribution < -0.4 is 20.7 Å². The minimum absolute atomic E-state index is 0.0804. The van der Waals surface area contributed by atoms with Crippen LogP contribution in [0, 0.1) is 5.92 Å². The van der Waals surface area contributed by atoms with Crippen LogP contribution >= 0.6 is 23.2 Å². The third-order valence-electron chi connectivity index (χ3n) is 6.07. The highest BCUT2D eigenvalue weighted by molar-refractivity contribution is 6.42. The summed E-state index contributed by atoms with van der Waals surface area (Å²) in [5.41, 5.74) is -0.337. The van der Waals surface area contributed by atoms with Crippen LogP contribution in [0.1, 0.15) is 39.0 Å². The lowest BCUT2D eigenvalue weighted by atomic mass is 9.44. The van der Waals surface area contributed by atoms with E-state index in [1.807, 2.05) is 0 Å². The van der Waals surface area contributed by atoms with Crippen LogP contribution in [-0.2, 0) is 9.59 Å². The summed E-state index contributed by atoms with van der Waals surface area (Å²) in [5.74, 6) is 0.994. The number of halogens is 2. The quantitative estimate of drug-likeness (QED) is 0.654. The number of carbonyl (C=O) groups is 2. The minimum Gasteiger partial charge on any atom is -0.484 e. The van der Waals surface area contributed by atoms with Crippen LogP contribution in [0.2, 0.25) is 10.0 Å². The number of benzene rings is 1. The Bertz CT molecular complexity index is 781. The molecule has 3 saturated carbocycles. The van der Waals surface area contributed by atoms with Crippen molar-refractivity contribution in [2.24, 2.45) is 5.92 Å². The molecule has 4 aliphatic rings. The molecule has 2 atom stereocenters. The second-order valence-corrected chi connectivity index (χ2v) is 9.44. The summed E-state index contributed by atoms with van der Waals surface area (Å²) in [6, 6.07) is 4.80. The molecule has 3 aliphatic carbocycles. The lowest BCUT2D eigenvalue weighted by Gasteiger charge is -2.70. The van der Waals surface area contributed by atoms with Crippen molar-refractivity contribution in [3.8, 4) is 5.75 Å². The highest BCUT2D eigenvalue weighted by atomic mass is 35.5. The van der Waals surface area contributed by atoms with Gasteiger partial charge in [0.2, 0.25) is 5.91 Å². The lowest BCUT2D eigenvalue weighted by molar-refractivity contribution is -0.151. The first-order valence-electron chi connectivity index (χ1n) is 9.72. The molecule has 4 fully saturated rings. The van der Waals surface area contributed by atoms with Gasteiger partial charge in [0.25, 0.3) is 5.91 Å². The maximum Gasteiger partial charge on any atom is 0.258 e. The van der Waals surface area contributed by atoms with E-state index in [-0.39, 0.29) is 35.5 Å². The molecule has 5 rings (SSSR count). The zero-order valence-corrected chi connectivity index (χ0v) is 17.3. The summed E-state index contributed by atoms with van der Waals surface area (Å²) in [6.07, 6.45) is 4.36. The van der Waals surface area contributed by atoms with Gasteiger partial charge in [-0.05, 0) is 56.7 Å². The molecule has 1 aliphatic heterocycles. The molecule has 1 aromatic carbocycles. The van der Waals surface area contributed by atoms with Crippen molar-refractivity contribution in [2.75, 3.05) is 13.2 Å². The van der Waals surface area contributed by atoms with Crippen molar-refractivity contribution >= 4 is 35.0 Å². The lowest BCUT2D eigenvalue weighted by Crippen LogP contribution is -2.84. The Morgan fingerprint density at radius 1 is 1.18 bits per heavy atom. The SMILES string of the molecule is CC1CCNC(C(=O)NC23CC(NC(=O)COc4ccc(Cl)c(Cl)c4)(C2)C3)C1. The van der Waals surface area contributed by atoms with Gasteiger partial charge in [-0.1, -0.05) is 30.1 Å². The molecule has 2 bridgehead atoms. The fourth-order valence-electron chi connectivity index (χ4n) is 4.76. The topological polar surface area (TPSA) is 79.5 Å². The third-order valence-corrected chi connectivity index (χ3v) is 6.81. The Balaban J connectivity index is 1.20. The monoisotopic (exact) mass is 425 g/mol. The van der Waals surface area contributed by atoms with Crippen molar-refractivity contribution in [1.82, 2.24) is 16.0 Å². The fourth-order valence-corrected chi connectivity index (χ4v) is 5.04.